The number of nitrogens with zero attached hydrogens (tertiary/aromatic N) is 1. The number of nitrogens with one attached hydrogen (secondary N) is 1. The van der Waals surface area contributed by atoms with Gasteiger partial charge < -0.3 is 15.2 Å². The normalized spacial score (nSPS) is 15.6. The molecule has 1 aliphatic rings. The molecule has 31 heavy (non-hydrogen) atoms. The van der Waals surface area contributed by atoms with E-state index in [4.69, 9.17) is 4.74 Å². The summed E-state index contributed by atoms with van der Waals surface area (Å²) in [6.07, 6.45) is -0.701. The van der Waals surface area contributed by atoms with E-state index in [0.717, 1.165) is 29.7 Å². The summed E-state index contributed by atoms with van der Waals surface area (Å²) in [4.78, 5) is 15.4. The van der Waals surface area contributed by atoms with Crippen molar-refractivity contribution >= 4 is 11.7 Å². The third-order valence-corrected chi connectivity index (χ3v) is 5.31. The van der Waals surface area contributed by atoms with E-state index in [1.807, 2.05) is 18.2 Å². The number of alkyl halides is 3. The average molecular weight is 428 g/mol. The lowest BCUT2D eigenvalue weighted by atomic mass is 9.90. The highest BCUT2D eigenvalue weighted by Gasteiger charge is 2.30. The molecule has 0 saturated heterocycles. The molecule has 8 heteroatoms. The molecule has 2 aromatic carbocycles. The molecule has 0 amide bonds. The molecule has 0 bridgehead atoms. The second kappa shape index (κ2) is 8.29. The van der Waals surface area contributed by atoms with Crippen LogP contribution in [0.4, 0.5) is 18.9 Å². The molecule has 4 rings (SSSR count). The van der Waals surface area contributed by atoms with E-state index in [-0.39, 0.29) is 11.5 Å². The molecule has 0 radical (unpaired) electrons. The molecule has 3 aromatic rings. The van der Waals surface area contributed by atoms with Crippen LogP contribution in [0.25, 0.3) is 11.1 Å². The summed E-state index contributed by atoms with van der Waals surface area (Å²) in [5.41, 5.74) is 2.31. The fraction of sp³-hybridized carbons (Fsp3) is 0.217. The molecule has 0 aliphatic carbocycles. The number of carboxylic acids is 1. The van der Waals surface area contributed by atoms with Crippen molar-refractivity contribution in [3.63, 3.8) is 0 Å². The number of carbonyl (C=O) groups is 1. The fourth-order valence-corrected chi connectivity index (χ4v) is 3.66. The first-order valence-electron chi connectivity index (χ1n) is 9.68. The number of aromatic nitrogens is 1. The van der Waals surface area contributed by atoms with Crippen molar-refractivity contribution in [2.75, 3.05) is 18.5 Å². The maximum Gasteiger partial charge on any atom is 0.416 e. The lowest BCUT2D eigenvalue weighted by Crippen LogP contribution is -2.21. The van der Waals surface area contributed by atoms with Gasteiger partial charge in [-0.15, -0.1) is 0 Å². The molecule has 2 heterocycles. The van der Waals surface area contributed by atoms with Gasteiger partial charge >= 0.3 is 12.1 Å². The van der Waals surface area contributed by atoms with Crippen molar-refractivity contribution in [1.29, 1.82) is 0 Å². The number of ether oxygens (including phenoxy) is 1. The molecule has 160 valence electrons. The number of fused-ring (bicyclic) bond motifs is 1. The van der Waals surface area contributed by atoms with E-state index >= 15 is 0 Å². The molecule has 1 aromatic heterocycles. The first-order chi connectivity index (χ1) is 14.8. The summed E-state index contributed by atoms with van der Waals surface area (Å²) in [7, 11) is 0. The molecule has 0 spiro atoms. The van der Waals surface area contributed by atoms with Crippen LogP contribution in [0.5, 0.6) is 5.75 Å². The second-order valence-electron chi connectivity index (χ2n) is 7.27. The van der Waals surface area contributed by atoms with Crippen LogP contribution in [0, 0.1) is 0 Å². The molecule has 0 saturated carbocycles. The fourth-order valence-electron chi connectivity index (χ4n) is 3.66. The number of carboxylic acid groups (broad SMARTS) is 1. The Morgan fingerprint density at radius 1 is 1.13 bits per heavy atom. The minimum atomic E-state index is -4.37. The maximum absolute atomic E-state index is 12.8. The minimum absolute atomic E-state index is 0.0901. The Hall–Kier alpha value is -3.55. The number of hydrogen-bond donors (Lipinski definition) is 2. The maximum atomic E-state index is 12.8. The van der Waals surface area contributed by atoms with Crippen LogP contribution < -0.4 is 10.1 Å². The van der Waals surface area contributed by atoms with Crippen LogP contribution in [0.15, 0.2) is 60.9 Å². The van der Waals surface area contributed by atoms with Crippen molar-refractivity contribution < 1.29 is 27.8 Å². The number of aromatic carboxylic acids is 1. The van der Waals surface area contributed by atoms with Gasteiger partial charge in [-0.3, -0.25) is 4.98 Å². The average Bonchev–Trinajstić information content (AvgIpc) is 2.77. The Morgan fingerprint density at radius 3 is 2.58 bits per heavy atom. The van der Waals surface area contributed by atoms with Crippen molar-refractivity contribution in [2.24, 2.45) is 0 Å². The molecule has 1 unspecified atom stereocenters. The van der Waals surface area contributed by atoms with Gasteiger partial charge in [-0.25, -0.2) is 4.79 Å². The van der Waals surface area contributed by atoms with Crippen molar-refractivity contribution in [2.45, 2.75) is 18.5 Å². The van der Waals surface area contributed by atoms with Gasteiger partial charge in [0.2, 0.25) is 0 Å². The van der Waals surface area contributed by atoms with E-state index in [1.165, 1.54) is 30.6 Å². The molecule has 5 nitrogen and oxygen atoms in total. The van der Waals surface area contributed by atoms with Gasteiger partial charge in [-0.1, -0.05) is 24.3 Å². The van der Waals surface area contributed by atoms with Gasteiger partial charge in [0.25, 0.3) is 0 Å². The molecule has 2 N–H and O–H groups in total. The van der Waals surface area contributed by atoms with Gasteiger partial charge in [0.1, 0.15) is 5.75 Å². The van der Waals surface area contributed by atoms with E-state index in [0.29, 0.717) is 30.2 Å². The number of halogens is 3. The Labute approximate surface area is 176 Å². The topological polar surface area (TPSA) is 71.5 Å². The molecule has 1 atom stereocenters. The SMILES string of the molecule is O=C(O)c1ccncc1NCC1CCOc2cc(-c3ccc(C(F)(F)F)cc3)ccc21. The van der Waals surface area contributed by atoms with Crippen LogP contribution in [-0.2, 0) is 6.18 Å². The standard InChI is InChI=1S/C23H19F3N2O3/c24-23(25,26)17-4-1-14(2-5-17)15-3-6-18-16(8-10-31-21(18)11-15)12-28-20-13-27-9-7-19(20)22(29)30/h1-7,9,11,13,16,28H,8,10,12H2,(H,29,30). The quantitative estimate of drug-likeness (QED) is 0.566. The summed E-state index contributed by atoms with van der Waals surface area (Å²) in [6, 6.07) is 12.1. The Bertz CT molecular complexity index is 1100. The number of rotatable bonds is 5. The van der Waals surface area contributed by atoms with E-state index < -0.39 is 17.7 Å². The highest BCUT2D eigenvalue weighted by atomic mass is 19.4. The van der Waals surface area contributed by atoms with Gasteiger partial charge in [0.15, 0.2) is 0 Å². The summed E-state index contributed by atoms with van der Waals surface area (Å²) in [5, 5.41) is 12.5. The molecular weight excluding hydrogens is 409 g/mol. The van der Waals surface area contributed by atoms with Gasteiger partial charge in [-0.05, 0) is 47.4 Å². The number of pyridine rings is 1. The summed E-state index contributed by atoms with van der Waals surface area (Å²) >= 11 is 0. The lowest BCUT2D eigenvalue weighted by Gasteiger charge is -2.27. The van der Waals surface area contributed by atoms with Crippen molar-refractivity contribution in [3.8, 4) is 16.9 Å². The number of hydrogen-bond acceptors (Lipinski definition) is 4. The summed E-state index contributed by atoms with van der Waals surface area (Å²) < 4.78 is 44.2. The highest BCUT2D eigenvalue weighted by Crippen LogP contribution is 2.38. The van der Waals surface area contributed by atoms with Crippen LogP contribution >= 0.6 is 0 Å². The summed E-state index contributed by atoms with van der Waals surface area (Å²) in [6.45, 7) is 0.997. The molecule has 0 fully saturated rings. The first-order valence-corrected chi connectivity index (χ1v) is 9.68. The second-order valence-corrected chi connectivity index (χ2v) is 7.27. The van der Waals surface area contributed by atoms with Crippen LogP contribution in [0.1, 0.15) is 33.8 Å². The van der Waals surface area contributed by atoms with Gasteiger partial charge in [0, 0.05) is 18.7 Å². The zero-order valence-corrected chi connectivity index (χ0v) is 16.3. The number of anilines is 1. The summed E-state index contributed by atoms with van der Waals surface area (Å²) in [5.74, 6) is -0.259. The van der Waals surface area contributed by atoms with Crippen LogP contribution in [0.2, 0.25) is 0 Å². The predicted molar refractivity (Wildman–Crippen MR) is 109 cm³/mol. The Balaban J connectivity index is 1.53. The smallest absolute Gasteiger partial charge is 0.416 e. The van der Waals surface area contributed by atoms with E-state index in [9.17, 15) is 23.1 Å². The third kappa shape index (κ3) is 4.47. The lowest BCUT2D eigenvalue weighted by molar-refractivity contribution is -0.137. The van der Waals surface area contributed by atoms with Gasteiger partial charge in [-0.2, -0.15) is 13.2 Å². The third-order valence-electron chi connectivity index (χ3n) is 5.31. The predicted octanol–water partition coefficient (Wildman–Crippen LogP) is 5.44. The van der Waals surface area contributed by atoms with E-state index in [1.54, 1.807) is 0 Å². The molecular formula is C23H19F3N2O3. The Morgan fingerprint density at radius 2 is 1.87 bits per heavy atom. The van der Waals surface area contributed by atoms with Gasteiger partial charge in [0.05, 0.1) is 29.6 Å². The largest absolute Gasteiger partial charge is 0.493 e. The highest BCUT2D eigenvalue weighted by molar-refractivity contribution is 5.93. The zero-order chi connectivity index (χ0) is 22.0. The zero-order valence-electron chi connectivity index (χ0n) is 16.3. The molecule has 1 aliphatic heterocycles. The Kier molecular flexibility index (Phi) is 5.54. The monoisotopic (exact) mass is 428 g/mol. The first kappa shape index (κ1) is 20.7. The van der Waals surface area contributed by atoms with Crippen molar-refractivity contribution in [3.05, 3.63) is 77.6 Å². The van der Waals surface area contributed by atoms with E-state index in [2.05, 4.69) is 10.3 Å². The van der Waals surface area contributed by atoms with Crippen LogP contribution in [-0.4, -0.2) is 29.2 Å². The van der Waals surface area contributed by atoms with Crippen molar-refractivity contribution in [1.82, 2.24) is 4.98 Å². The number of benzene rings is 2. The van der Waals surface area contributed by atoms with Crippen LogP contribution in [0.3, 0.4) is 0 Å². The minimum Gasteiger partial charge on any atom is -0.493 e.